The summed E-state index contributed by atoms with van der Waals surface area (Å²) in [4.78, 5) is 4.80. The first-order valence-corrected chi connectivity index (χ1v) is 7.67. The van der Waals surface area contributed by atoms with Gasteiger partial charge in [0.25, 0.3) is 0 Å². The Morgan fingerprint density at radius 1 is 1.33 bits per heavy atom. The van der Waals surface area contributed by atoms with Gasteiger partial charge in [-0.3, -0.25) is 4.99 Å². The van der Waals surface area contributed by atoms with E-state index < -0.39 is 0 Å². The van der Waals surface area contributed by atoms with Crippen molar-refractivity contribution < 1.29 is 0 Å². The predicted octanol–water partition coefficient (Wildman–Crippen LogP) is 4.18. The molecule has 2 heteroatoms. The lowest BCUT2D eigenvalue weighted by Gasteiger charge is -2.12. The standard InChI is InChI=1S/C19H24N2/c1-2-16-8-7-9-17(14-16)15-21-19(12-13-20)18-10-5-3-4-6-11-18/h3-5,7-10,12-14,18H,2,6,11,15,20H2,1H3/b13-12-,21-19?. The van der Waals surface area contributed by atoms with Gasteiger partial charge in [0.05, 0.1) is 6.54 Å². The summed E-state index contributed by atoms with van der Waals surface area (Å²) in [6, 6.07) is 8.64. The van der Waals surface area contributed by atoms with Crippen LogP contribution in [0.15, 0.2) is 65.8 Å². The number of hydrogen-bond donors (Lipinski definition) is 1. The minimum Gasteiger partial charge on any atom is -0.405 e. The summed E-state index contributed by atoms with van der Waals surface area (Å²) in [5, 5.41) is 0. The molecule has 1 unspecified atom stereocenters. The SMILES string of the molecule is CCc1cccc(CN=C(/C=C\N)C2C=CC=CCC2)c1. The molecule has 2 rings (SSSR count). The maximum absolute atomic E-state index is 5.59. The Balaban J connectivity index is 2.13. The summed E-state index contributed by atoms with van der Waals surface area (Å²) in [6.45, 7) is 2.89. The van der Waals surface area contributed by atoms with Gasteiger partial charge in [-0.25, -0.2) is 0 Å². The lowest BCUT2D eigenvalue weighted by molar-refractivity contribution is 0.759. The Bertz CT molecular complexity index is 565. The predicted molar refractivity (Wildman–Crippen MR) is 91.3 cm³/mol. The highest BCUT2D eigenvalue weighted by Crippen LogP contribution is 2.17. The van der Waals surface area contributed by atoms with Crippen LogP contribution in [-0.2, 0) is 13.0 Å². The summed E-state index contributed by atoms with van der Waals surface area (Å²) in [5.74, 6) is 0.356. The molecule has 21 heavy (non-hydrogen) atoms. The van der Waals surface area contributed by atoms with E-state index in [1.165, 1.54) is 11.1 Å². The number of nitrogens with zero attached hydrogens (tertiary/aromatic N) is 1. The van der Waals surface area contributed by atoms with Gasteiger partial charge in [-0.15, -0.1) is 0 Å². The molecule has 0 saturated carbocycles. The molecule has 0 amide bonds. The maximum atomic E-state index is 5.59. The Kier molecular flexibility index (Phi) is 6.01. The molecule has 2 nitrogen and oxygen atoms in total. The van der Waals surface area contributed by atoms with Crippen LogP contribution in [0, 0.1) is 5.92 Å². The van der Waals surface area contributed by atoms with Crippen LogP contribution in [0.25, 0.3) is 0 Å². The van der Waals surface area contributed by atoms with Crippen molar-refractivity contribution in [1.82, 2.24) is 0 Å². The van der Waals surface area contributed by atoms with E-state index in [9.17, 15) is 0 Å². The largest absolute Gasteiger partial charge is 0.405 e. The molecule has 0 aromatic heterocycles. The number of aliphatic imine (C=N–C) groups is 1. The Hall–Kier alpha value is -2.09. The zero-order chi connectivity index (χ0) is 14.9. The topological polar surface area (TPSA) is 38.4 Å². The first-order chi connectivity index (χ1) is 10.3. The molecule has 0 aliphatic heterocycles. The summed E-state index contributed by atoms with van der Waals surface area (Å²) < 4.78 is 0. The van der Waals surface area contributed by atoms with Crippen molar-refractivity contribution in [2.45, 2.75) is 32.7 Å². The lowest BCUT2D eigenvalue weighted by atomic mass is 9.97. The van der Waals surface area contributed by atoms with Crippen molar-refractivity contribution in [3.63, 3.8) is 0 Å². The third kappa shape index (κ3) is 4.75. The minimum atomic E-state index is 0.356. The molecule has 1 aliphatic carbocycles. The van der Waals surface area contributed by atoms with Gasteiger partial charge in [-0.05, 0) is 42.7 Å². The molecule has 1 aromatic rings. The summed E-state index contributed by atoms with van der Waals surface area (Å²) in [6.07, 6.45) is 15.4. The Labute approximate surface area is 127 Å². The summed E-state index contributed by atoms with van der Waals surface area (Å²) in [5.41, 5.74) is 9.27. The molecule has 1 aliphatic rings. The molecule has 0 heterocycles. The fraction of sp³-hybridized carbons (Fsp3) is 0.316. The second-order valence-electron chi connectivity index (χ2n) is 5.27. The van der Waals surface area contributed by atoms with E-state index in [2.05, 4.69) is 55.5 Å². The van der Waals surface area contributed by atoms with Crippen molar-refractivity contribution in [1.29, 1.82) is 0 Å². The molecule has 2 N–H and O–H groups in total. The molecular formula is C19H24N2. The number of aryl methyl sites for hydroxylation is 1. The van der Waals surface area contributed by atoms with Crippen LogP contribution in [0.4, 0.5) is 0 Å². The highest BCUT2D eigenvalue weighted by Gasteiger charge is 2.10. The average Bonchev–Trinajstić information content (AvgIpc) is 2.81. The second kappa shape index (κ2) is 8.25. The fourth-order valence-corrected chi connectivity index (χ4v) is 2.51. The minimum absolute atomic E-state index is 0.356. The number of hydrogen-bond acceptors (Lipinski definition) is 2. The van der Waals surface area contributed by atoms with Gasteiger partial charge >= 0.3 is 0 Å². The van der Waals surface area contributed by atoms with Crippen LogP contribution in [0.2, 0.25) is 0 Å². The highest BCUT2D eigenvalue weighted by molar-refractivity contribution is 5.98. The first kappa shape index (κ1) is 15.3. The van der Waals surface area contributed by atoms with E-state index in [0.29, 0.717) is 12.5 Å². The molecule has 0 bridgehead atoms. The quantitative estimate of drug-likeness (QED) is 0.807. The molecule has 1 aromatic carbocycles. The monoisotopic (exact) mass is 280 g/mol. The smallest absolute Gasteiger partial charge is 0.0643 e. The first-order valence-electron chi connectivity index (χ1n) is 7.67. The van der Waals surface area contributed by atoms with E-state index in [1.54, 1.807) is 6.20 Å². The van der Waals surface area contributed by atoms with Crippen molar-refractivity contribution in [2.24, 2.45) is 16.6 Å². The molecule has 1 atom stereocenters. The van der Waals surface area contributed by atoms with Crippen LogP contribution in [-0.4, -0.2) is 5.71 Å². The van der Waals surface area contributed by atoms with Crippen molar-refractivity contribution >= 4 is 5.71 Å². The van der Waals surface area contributed by atoms with Gasteiger partial charge in [-0.1, -0.05) is 55.5 Å². The van der Waals surface area contributed by atoms with Crippen LogP contribution >= 0.6 is 0 Å². The van der Waals surface area contributed by atoms with E-state index in [-0.39, 0.29) is 0 Å². The molecule has 0 radical (unpaired) electrons. The zero-order valence-corrected chi connectivity index (χ0v) is 12.7. The van der Waals surface area contributed by atoms with E-state index in [0.717, 1.165) is 25.0 Å². The summed E-state index contributed by atoms with van der Waals surface area (Å²) in [7, 11) is 0. The van der Waals surface area contributed by atoms with Crippen molar-refractivity contribution in [2.75, 3.05) is 0 Å². The van der Waals surface area contributed by atoms with Crippen LogP contribution in [0.3, 0.4) is 0 Å². The molecule has 0 spiro atoms. The third-order valence-electron chi connectivity index (χ3n) is 3.73. The van der Waals surface area contributed by atoms with Gasteiger partial charge in [0.1, 0.15) is 0 Å². The van der Waals surface area contributed by atoms with E-state index in [1.807, 2.05) is 6.08 Å². The van der Waals surface area contributed by atoms with Gasteiger partial charge in [0.15, 0.2) is 0 Å². The Morgan fingerprint density at radius 2 is 2.19 bits per heavy atom. The number of rotatable bonds is 5. The Morgan fingerprint density at radius 3 is 3.00 bits per heavy atom. The number of benzene rings is 1. The fourth-order valence-electron chi connectivity index (χ4n) is 2.51. The maximum Gasteiger partial charge on any atom is 0.0643 e. The lowest BCUT2D eigenvalue weighted by Crippen LogP contribution is -2.10. The van der Waals surface area contributed by atoms with Gasteiger partial charge in [-0.2, -0.15) is 0 Å². The van der Waals surface area contributed by atoms with Crippen molar-refractivity contribution in [3.8, 4) is 0 Å². The van der Waals surface area contributed by atoms with E-state index >= 15 is 0 Å². The number of nitrogens with two attached hydrogens (primary N) is 1. The zero-order valence-electron chi connectivity index (χ0n) is 12.7. The van der Waals surface area contributed by atoms with Gasteiger partial charge in [0.2, 0.25) is 0 Å². The van der Waals surface area contributed by atoms with E-state index in [4.69, 9.17) is 10.7 Å². The van der Waals surface area contributed by atoms with Crippen LogP contribution in [0.5, 0.6) is 0 Å². The molecule has 0 fully saturated rings. The second-order valence-corrected chi connectivity index (χ2v) is 5.27. The summed E-state index contributed by atoms with van der Waals surface area (Å²) >= 11 is 0. The average molecular weight is 280 g/mol. The highest BCUT2D eigenvalue weighted by atomic mass is 14.7. The van der Waals surface area contributed by atoms with Crippen LogP contribution < -0.4 is 5.73 Å². The van der Waals surface area contributed by atoms with Gasteiger partial charge < -0.3 is 5.73 Å². The molecular weight excluding hydrogens is 256 g/mol. The van der Waals surface area contributed by atoms with Crippen molar-refractivity contribution in [3.05, 3.63) is 72.0 Å². The van der Waals surface area contributed by atoms with Crippen LogP contribution in [0.1, 0.15) is 30.9 Å². The molecule has 0 saturated heterocycles. The normalized spacial score (nSPS) is 19.1. The third-order valence-corrected chi connectivity index (χ3v) is 3.73. The van der Waals surface area contributed by atoms with Gasteiger partial charge in [0, 0.05) is 11.6 Å². The molecule has 110 valence electrons. The number of allylic oxidation sites excluding steroid dienone is 5.